The van der Waals surface area contributed by atoms with Gasteiger partial charge in [0.25, 0.3) is 5.91 Å². The van der Waals surface area contributed by atoms with E-state index in [9.17, 15) is 18.8 Å². The number of rotatable bonds is 8. The number of carbonyl (C=O) groups is 3. The molecular formula is C26H26FN3O4. The van der Waals surface area contributed by atoms with Crippen molar-refractivity contribution in [3.63, 3.8) is 0 Å². The molecule has 1 heterocycles. The zero-order chi connectivity index (χ0) is 23.9. The summed E-state index contributed by atoms with van der Waals surface area (Å²) in [5.74, 6) is -2.22. The lowest BCUT2D eigenvalue weighted by atomic mass is 10.0. The summed E-state index contributed by atoms with van der Waals surface area (Å²) in [6, 6.07) is 16.5. The highest BCUT2D eigenvalue weighted by Gasteiger charge is 2.35. The summed E-state index contributed by atoms with van der Waals surface area (Å²) >= 11 is 0. The van der Waals surface area contributed by atoms with Crippen LogP contribution in [0.15, 0.2) is 77.4 Å². The van der Waals surface area contributed by atoms with Crippen LogP contribution in [0.25, 0.3) is 0 Å². The van der Waals surface area contributed by atoms with Crippen molar-refractivity contribution < 1.29 is 23.2 Å². The number of hydrogen-bond acceptors (Lipinski definition) is 4. The van der Waals surface area contributed by atoms with Crippen LogP contribution < -0.4 is 15.5 Å². The summed E-state index contributed by atoms with van der Waals surface area (Å²) in [7, 11) is 0. The zero-order valence-corrected chi connectivity index (χ0v) is 18.6. The van der Waals surface area contributed by atoms with Crippen LogP contribution in [0, 0.1) is 5.82 Å². The third-order valence-electron chi connectivity index (χ3n) is 5.85. The van der Waals surface area contributed by atoms with Gasteiger partial charge in [0.2, 0.25) is 11.8 Å². The number of anilines is 1. The minimum atomic E-state index is -1.12. The summed E-state index contributed by atoms with van der Waals surface area (Å²) in [5, 5.41) is 5.53. The Morgan fingerprint density at radius 3 is 2.35 bits per heavy atom. The van der Waals surface area contributed by atoms with E-state index in [1.807, 2.05) is 0 Å². The van der Waals surface area contributed by atoms with Gasteiger partial charge >= 0.3 is 0 Å². The summed E-state index contributed by atoms with van der Waals surface area (Å²) in [6.07, 6.45) is 5.12. The van der Waals surface area contributed by atoms with Crippen molar-refractivity contribution in [3.05, 3.63) is 90.1 Å². The number of amides is 3. The largest absolute Gasteiger partial charge is 0.459 e. The number of nitrogens with zero attached hydrogens (tertiary/aromatic N) is 1. The number of hydrogen-bond donors (Lipinski definition) is 2. The fraction of sp³-hybridized carbons (Fsp3) is 0.269. The van der Waals surface area contributed by atoms with Crippen LogP contribution in [0.4, 0.5) is 10.1 Å². The topological polar surface area (TPSA) is 91.7 Å². The van der Waals surface area contributed by atoms with Gasteiger partial charge in [0.05, 0.1) is 18.5 Å². The molecule has 2 aromatic carbocycles. The molecule has 176 valence electrons. The maximum atomic E-state index is 14.9. The molecule has 3 aromatic rings. The van der Waals surface area contributed by atoms with Gasteiger partial charge in [-0.15, -0.1) is 0 Å². The Morgan fingerprint density at radius 2 is 1.68 bits per heavy atom. The summed E-state index contributed by atoms with van der Waals surface area (Å²) < 4.78 is 20.0. The van der Waals surface area contributed by atoms with Gasteiger partial charge in [-0.2, -0.15) is 0 Å². The molecule has 0 radical (unpaired) electrons. The lowest BCUT2D eigenvalue weighted by Crippen LogP contribution is -2.49. The van der Waals surface area contributed by atoms with Gasteiger partial charge < -0.3 is 15.1 Å². The summed E-state index contributed by atoms with van der Waals surface area (Å²) in [5.41, 5.74) is 0.488. The molecule has 1 aromatic heterocycles. The van der Waals surface area contributed by atoms with Gasteiger partial charge in [-0.3, -0.25) is 19.3 Å². The lowest BCUT2D eigenvalue weighted by Gasteiger charge is -2.32. The van der Waals surface area contributed by atoms with Crippen molar-refractivity contribution in [2.24, 2.45) is 0 Å². The molecule has 0 spiro atoms. The average molecular weight is 464 g/mol. The molecule has 7 nitrogen and oxygen atoms in total. The molecule has 3 amide bonds. The normalized spacial score (nSPS) is 14.4. The first-order valence-electron chi connectivity index (χ1n) is 11.3. The second kappa shape index (κ2) is 10.8. The van der Waals surface area contributed by atoms with Gasteiger partial charge in [0, 0.05) is 6.04 Å². The molecule has 4 rings (SSSR count). The number of benzene rings is 2. The predicted molar refractivity (Wildman–Crippen MR) is 125 cm³/mol. The average Bonchev–Trinajstić information content (AvgIpc) is 3.56. The standard InChI is InChI=1S/C26H26FN3O4/c27-20-13-6-7-14-21(20)30(23(31)17-28-25(32)22-15-8-16-34-22)24(18-9-2-1-3-10-18)26(33)29-19-11-4-5-12-19/h1-3,6-10,13-16,19,24H,4-5,11-12,17H2,(H,28,32)(H,29,33)/t24-/m0/s1. The van der Waals surface area contributed by atoms with E-state index in [1.54, 1.807) is 42.5 Å². The van der Waals surface area contributed by atoms with Crippen molar-refractivity contribution in [2.75, 3.05) is 11.4 Å². The summed E-state index contributed by atoms with van der Waals surface area (Å²) in [6.45, 7) is -0.450. The first kappa shape index (κ1) is 23.2. The van der Waals surface area contributed by atoms with E-state index >= 15 is 0 Å². The minimum absolute atomic E-state index is 0.00920. The Labute approximate surface area is 196 Å². The smallest absolute Gasteiger partial charge is 0.287 e. The number of nitrogens with one attached hydrogen (secondary N) is 2. The molecule has 0 aliphatic heterocycles. The molecule has 8 heteroatoms. The molecule has 34 heavy (non-hydrogen) atoms. The zero-order valence-electron chi connectivity index (χ0n) is 18.6. The number of halogens is 1. The Bertz CT molecular complexity index is 1130. The Morgan fingerprint density at radius 1 is 0.971 bits per heavy atom. The Kier molecular flexibility index (Phi) is 7.37. The van der Waals surface area contributed by atoms with Crippen LogP contribution in [0.5, 0.6) is 0 Å². The van der Waals surface area contributed by atoms with E-state index in [0.29, 0.717) is 5.56 Å². The molecule has 2 N–H and O–H groups in total. The van der Waals surface area contributed by atoms with E-state index in [2.05, 4.69) is 10.6 Å². The molecule has 0 unspecified atom stereocenters. The fourth-order valence-corrected chi connectivity index (χ4v) is 4.20. The van der Waals surface area contributed by atoms with Gasteiger partial charge in [-0.1, -0.05) is 55.3 Å². The van der Waals surface area contributed by atoms with Crippen molar-refractivity contribution in [1.82, 2.24) is 10.6 Å². The number of carbonyl (C=O) groups excluding carboxylic acids is 3. The van der Waals surface area contributed by atoms with Gasteiger partial charge in [0.15, 0.2) is 5.76 Å². The Hall–Kier alpha value is -3.94. The molecule has 0 saturated heterocycles. The maximum Gasteiger partial charge on any atom is 0.287 e. The molecule has 1 fully saturated rings. The number of furan rings is 1. The molecule has 1 aliphatic rings. The van der Waals surface area contributed by atoms with E-state index in [4.69, 9.17) is 4.42 Å². The van der Waals surface area contributed by atoms with Crippen LogP contribution in [0.1, 0.15) is 47.8 Å². The molecular weight excluding hydrogens is 437 g/mol. The first-order valence-corrected chi connectivity index (χ1v) is 11.3. The third-order valence-corrected chi connectivity index (χ3v) is 5.85. The monoisotopic (exact) mass is 463 g/mol. The van der Waals surface area contributed by atoms with Crippen LogP contribution in [0.3, 0.4) is 0 Å². The second-order valence-corrected chi connectivity index (χ2v) is 8.18. The van der Waals surface area contributed by atoms with Crippen LogP contribution in [-0.2, 0) is 9.59 Å². The van der Waals surface area contributed by atoms with E-state index in [-0.39, 0.29) is 17.5 Å². The van der Waals surface area contributed by atoms with E-state index in [1.165, 1.54) is 30.5 Å². The molecule has 0 bridgehead atoms. The third kappa shape index (κ3) is 5.33. The predicted octanol–water partition coefficient (Wildman–Crippen LogP) is 3.98. The van der Waals surface area contributed by atoms with Crippen molar-refractivity contribution in [3.8, 4) is 0 Å². The van der Waals surface area contributed by atoms with Crippen molar-refractivity contribution >= 4 is 23.4 Å². The molecule has 1 aliphatic carbocycles. The van der Waals surface area contributed by atoms with Crippen LogP contribution in [-0.4, -0.2) is 30.3 Å². The quantitative estimate of drug-likeness (QED) is 0.529. The van der Waals surface area contributed by atoms with Crippen molar-refractivity contribution in [1.29, 1.82) is 0 Å². The molecule has 1 atom stereocenters. The highest BCUT2D eigenvalue weighted by Crippen LogP contribution is 2.31. The van der Waals surface area contributed by atoms with E-state index < -0.39 is 36.1 Å². The van der Waals surface area contributed by atoms with Crippen LogP contribution in [0.2, 0.25) is 0 Å². The maximum absolute atomic E-state index is 14.9. The SMILES string of the molecule is O=C(NCC(=O)N(c1ccccc1F)[C@H](C(=O)NC1CCCC1)c1ccccc1)c1ccco1. The summed E-state index contributed by atoms with van der Waals surface area (Å²) in [4.78, 5) is 40.4. The van der Waals surface area contributed by atoms with Crippen LogP contribution >= 0.6 is 0 Å². The highest BCUT2D eigenvalue weighted by molar-refractivity contribution is 6.04. The van der Waals surface area contributed by atoms with Crippen molar-refractivity contribution in [2.45, 2.75) is 37.8 Å². The molecule has 1 saturated carbocycles. The first-order chi connectivity index (χ1) is 16.5. The minimum Gasteiger partial charge on any atom is -0.459 e. The van der Waals surface area contributed by atoms with E-state index in [0.717, 1.165) is 30.6 Å². The lowest BCUT2D eigenvalue weighted by molar-refractivity contribution is -0.126. The second-order valence-electron chi connectivity index (χ2n) is 8.18. The van der Waals surface area contributed by atoms with Gasteiger partial charge in [0.1, 0.15) is 11.9 Å². The number of para-hydroxylation sites is 1. The van der Waals surface area contributed by atoms with Gasteiger partial charge in [-0.25, -0.2) is 4.39 Å². The fourth-order valence-electron chi connectivity index (χ4n) is 4.20. The highest BCUT2D eigenvalue weighted by atomic mass is 19.1. The van der Waals surface area contributed by atoms with Gasteiger partial charge in [-0.05, 0) is 42.7 Å². The Balaban J connectivity index is 1.67.